The van der Waals surface area contributed by atoms with Crippen LogP contribution in [-0.2, 0) is 4.74 Å². The first-order valence-electron chi connectivity index (χ1n) is 4.53. The van der Waals surface area contributed by atoms with Gasteiger partial charge in [0.2, 0.25) is 0 Å². The van der Waals surface area contributed by atoms with Gasteiger partial charge in [-0.1, -0.05) is 0 Å². The number of rotatable bonds is 1. The topological polar surface area (TPSA) is 9.23 Å². The molecule has 0 spiro atoms. The molecule has 0 unspecified atom stereocenters. The molecular formula is C11H10F2O. The Kier molecular flexibility index (Phi) is 2.48. The number of allylic oxidation sites excluding steroid dienone is 1. The fourth-order valence-electron chi connectivity index (χ4n) is 1.52. The molecule has 0 bridgehead atoms. The van der Waals surface area contributed by atoms with Crippen LogP contribution in [0.3, 0.4) is 0 Å². The van der Waals surface area contributed by atoms with Gasteiger partial charge in [-0.2, -0.15) is 0 Å². The smallest absolute Gasteiger partial charge is 0.130 e. The number of hydrogen-bond donors (Lipinski definition) is 0. The molecule has 1 aromatic rings. The third kappa shape index (κ3) is 1.76. The van der Waals surface area contributed by atoms with Crippen molar-refractivity contribution in [2.75, 3.05) is 0 Å². The summed E-state index contributed by atoms with van der Waals surface area (Å²) in [4.78, 5) is 0. The average molecular weight is 196 g/mol. The Balaban J connectivity index is 2.30. The van der Waals surface area contributed by atoms with Gasteiger partial charge in [-0.05, 0) is 37.1 Å². The quantitative estimate of drug-likeness (QED) is 0.669. The fourth-order valence-corrected chi connectivity index (χ4v) is 1.52. The zero-order chi connectivity index (χ0) is 9.97. The maximum atomic E-state index is 13.3. The van der Waals surface area contributed by atoms with Crippen LogP contribution in [0.25, 0.3) is 0 Å². The lowest BCUT2D eigenvalue weighted by Gasteiger charge is -2.20. The molecule has 0 aliphatic carbocycles. The predicted octanol–water partition coefficient (Wildman–Crippen LogP) is 3.33. The summed E-state index contributed by atoms with van der Waals surface area (Å²) < 4.78 is 31.4. The first kappa shape index (κ1) is 9.19. The summed E-state index contributed by atoms with van der Waals surface area (Å²) in [6.45, 7) is 0. The normalized spacial score (nSPS) is 20.6. The van der Waals surface area contributed by atoms with Gasteiger partial charge in [0.1, 0.15) is 17.7 Å². The van der Waals surface area contributed by atoms with E-state index < -0.39 is 11.6 Å². The van der Waals surface area contributed by atoms with E-state index in [-0.39, 0.29) is 6.10 Å². The summed E-state index contributed by atoms with van der Waals surface area (Å²) in [5, 5.41) is 0. The van der Waals surface area contributed by atoms with Gasteiger partial charge in [-0.3, -0.25) is 0 Å². The molecule has 74 valence electrons. The van der Waals surface area contributed by atoms with Gasteiger partial charge in [0.25, 0.3) is 0 Å². The Morgan fingerprint density at radius 2 is 2.14 bits per heavy atom. The SMILES string of the molecule is Fc1ccc(F)c([C@@H]2CCC=CO2)c1. The Morgan fingerprint density at radius 1 is 1.29 bits per heavy atom. The second-order valence-electron chi connectivity index (χ2n) is 3.24. The molecule has 1 atom stereocenters. The van der Waals surface area contributed by atoms with Crippen molar-refractivity contribution < 1.29 is 13.5 Å². The summed E-state index contributed by atoms with van der Waals surface area (Å²) in [5.41, 5.74) is 0.300. The monoisotopic (exact) mass is 196 g/mol. The zero-order valence-corrected chi connectivity index (χ0v) is 7.54. The van der Waals surface area contributed by atoms with Gasteiger partial charge >= 0.3 is 0 Å². The van der Waals surface area contributed by atoms with E-state index in [2.05, 4.69) is 0 Å². The van der Waals surface area contributed by atoms with Crippen LogP contribution < -0.4 is 0 Å². The van der Waals surface area contributed by atoms with Gasteiger partial charge < -0.3 is 4.74 Å². The van der Waals surface area contributed by atoms with Crippen LogP contribution in [0.5, 0.6) is 0 Å². The highest BCUT2D eigenvalue weighted by atomic mass is 19.1. The standard InChI is InChI=1S/C11H10F2O/c12-8-4-5-10(13)9(7-8)11-3-1-2-6-14-11/h2,4-7,11H,1,3H2/t11-/m0/s1. The van der Waals surface area contributed by atoms with Crippen molar-refractivity contribution in [3.63, 3.8) is 0 Å². The van der Waals surface area contributed by atoms with Crippen LogP contribution >= 0.6 is 0 Å². The molecule has 1 aromatic carbocycles. The predicted molar refractivity (Wildman–Crippen MR) is 48.6 cm³/mol. The van der Waals surface area contributed by atoms with Gasteiger partial charge in [0.15, 0.2) is 0 Å². The Bertz CT molecular complexity index is 360. The fraction of sp³-hybridized carbons (Fsp3) is 0.273. The van der Waals surface area contributed by atoms with Gasteiger partial charge in [0.05, 0.1) is 6.26 Å². The molecule has 0 N–H and O–H groups in total. The van der Waals surface area contributed by atoms with Crippen molar-refractivity contribution >= 4 is 0 Å². The number of hydrogen-bond acceptors (Lipinski definition) is 1. The second kappa shape index (κ2) is 3.78. The minimum Gasteiger partial charge on any atom is -0.494 e. The van der Waals surface area contributed by atoms with Crippen LogP contribution in [-0.4, -0.2) is 0 Å². The van der Waals surface area contributed by atoms with E-state index in [1.54, 1.807) is 6.26 Å². The molecule has 1 nitrogen and oxygen atoms in total. The molecule has 1 heterocycles. The molecular weight excluding hydrogens is 186 g/mol. The summed E-state index contributed by atoms with van der Waals surface area (Å²) in [5.74, 6) is -0.841. The molecule has 0 amide bonds. The van der Waals surface area contributed by atoms with Crippen LogP contribution in [0, 0.1) is 11.6 Å². The van der Waals surface area contributed by atoms with Gasteiger partial charge in [-0.25, -0.2) is 8.78 Å². The van der Waals surface area contributed by atoms with E-state index in [0.29, 0.717) is 12.0 Å². The van der Waals surface area contributed by atoms with E-state index in [4.69, 9.17) is 4.74 Å². The lowest BCUT2D eigenvalue weighted by atomic mass is 10.0. The molecule has 3 heteroatoms. The molecule has 1 aliphatic rings. The first-order chi connectivity index (χ1) is 6.77. The Hall–Kier alpha value is -1.38. The van der Waals surface area contributed by atoms with Crippen molar-refractivity contribution in [2.45, 2.75) is 18.9 Å². The van der Waals surface area contributed by atoms with Crippen molar-refractivity contribution in [3.8, 4) is 0 Å². The summed E-state index contributed by atoms with van der Waals surface area (Å²) >= 11 is 0. The number of ether oxygens (including phenoxy) is 1. The summed E-state index contributed by atoms with van der Waals surface area (Å²) in [6.07, 6.45) is 4.58. The highest BCUT2D eigenvalue weighted by molar-refractivity contribution is 5.22. The van der Waals surface area contributed by atoms with Crippen molar-refractivity contribution in [1.29, 1.82) is 0 Å². The largest absolute Gasteiger partial charge is 0.494 e. The van der Waals surface area contributed by atoms with E-state index in [1.165, 1.54) is 6.07 Å². The molecule has 0 saturated carbocycles. The van der Waals surface area contributed by atoms with Crippen LogP contribution in [0.1, 0.15) is 24.5 Å². The number of benzene rings is 1. The Labute approximate surface area is 81.0 Å². The van der Waals surface area contributed by atoms with E-state index >= 15 is 0 Å². The Morgan fingerprint density at radius 3 is 2.86 bits per heavy atom. The third-order valence-electron chi connectivity index (χ3n) is 2.24. The van der Waals surface area contributed by atoms with E-state index in [1.807, 2.05) is 6.08 Å². The minimum absolute atomic E-state index is 0.300. The zero-order valence-electron chi connectivity index (χ0n) is 7.54. The first-order valence-corrected chi connectivity index (χ1v) is 4.53. The highest BCUT2D eigenvalue weighted by Crippen LogP contribution is 2.28. The molecule has 0 saturated heterocycles. The molecule has 1 aliphatic heterocycles. The number of halogens is 2. The van der Waals surface area contributed by atoms with Crippen molar-refractivity contribution in [1.82, 2.24) is 0 Å². The molecule has 0 fully saturated rings. The van der Waals surface area contributed by atoms with E-state index in [9.17, 15) is 8.78 Å². The van der Waals surface area contributed by atoms with Crippen LogP contribution in [0.4, 0.5) is 8.78 Å². The van der Waals surface area contributed by atoms with Crippen molar-refractivity contribution in [3.05, 3.63) is 47.7 Å². The lowest BCUT2D eigenvalue weighted by molar-refractivity contribution is 0.121. The molecule has 0 aromatic heterocycles. The van der Waals surface area contributed by atoms with Crippen LogP contribution in [0.2, 0.25) is 0 Å². The molecule has 14 heavy (non-hydrogen) atoms. The van der Waals surface area contributed by atoms with Gasteiger partial charge in [0, 0.05) is 5.56 Å². The van der Waals surface area contributed by atoms with Crippen LogP contribution in [0.15, 0.2) is 30.5 Å². The van der Waals surface area contributed by atoms with Gasteiger partial charge in [-0.15, -0.1) is 0 Å². The minimum atomic E-state index is -0.431. The third-order valence-corrected chi connectivity index (χ3v) is 2.24. The lowest BCUT2D eigenvalue weighted by Crippen LogP contribution is -2.06. The maximum absolute atomic E-state index is 13.3. The average Bonchev–Trinajstić information content (AvgIpc) is 2.23. The highest BCUT2D eigenvalue weighted by Gasteiger charge is 2.18. The second-order valence-corrected chi connectivity index (χ2v) is 3.24. The van der Waals surface area contributed by atoms with Crippen molar-refractivity contribution in [2.24, 2.45) is 0 Å². The molecule has 0 radical (unpaired) electrons. The van der Waals surface area contributed by atoms with E-state index in [0.717, 1.165) is 18.6 Å². The maximum Gasteiger partial charge on any atom is 0.130 e. The summed E-state index contributed by atoms with van der Waals surface area (Å²) in [7, 11) is 0. The molecule has 2 rings (SSSR count). The summed E-state index contributed by atoms with van der Waals surface area (Å²) in [6, 6.07) is 3.43.